The van der Waals surface area contributed by atoms with Crippen LogP contribution in [0.3, 0.4) is 0 Å². The third-order valence-electron chi connectivity index (χ3n) is 6.16. The average Bonchev–Trinajstić information content (AvgIpc) is 3.46. The quantitative estimate of drug-likeness (QED) is 0.494. The Labute approximate surface area is 188 Å². The zero-order chi connectivity index (χ0) is 22.1. The molecule has 2 aromatic heterocycles. The van der Waals surface area contributed by atoms with Gasteiger partial charge in [-0.25, -0.2) is 4.68 Å². The minimum atomic E-state index is 0.0197. The molecular formula is C26H27N5O. The number of piperazine rings is 1. The molecule has 3 heterocycles. The molecule has 0 saturated carbocycles. The molecular weight excluding hydrogens is 398 g/mol. The van der Waals surface area contributed by atoms with E-state index in [0.717, 1.165) is 30.2 Å². The first-order chi connectivity index (χ1) is 15.6. The van der Waals surface area contributed by atoms with Gasteiger partial charge in [-0.15, -0.1) is 0 Å². The van der Waals surface area contributed by atoms with E-state index in [1.165, 1.54) is 11.3 Å². The second kappa shape index (κ2) is 8.38. The summed E-state index contributed by atoms with van der Waals surface area (Å²) in [6, 6.07) is 24.2. The monoisotopic (exact) mass is 425 g/mol. The van der Waals surface area contributed by atoms with E-state index in [4.69, 9.17) is 5.10 Å². The molecule has 1 aliphatic rings. The molecule has 6 heteroatoms. The van der Waals surface area contributed by atoms with Crippen molar-refractivity contribution in [1.82, 2.24) is 19.2 Å². The molecule has 0 unspecified atom stereocenters. The summed E-state index contributed by atoms with van der Waals surface area (Å²) in [4.78, 5) is 17.9. The van der Waals surface area contributed by atoms with Crippen LogP contribution in [0.2, 0.25) is 0 Å². The highest BCUT2D eigenvalue weighted by atomic mass is 16.2. The molecule has 0 N–H and O–H groups in total. The number of hydrogen-bond donors (Lipinski definition) is 0. The minimum Gasteiger partial charge on any atom is -0.368 e. The lowest BCUT2D eigenvalue weighted by molar-refractivity contribution is 0.0737. The fourth-order valence-electron chi connectivity index (χ4n) is 4.38. The summed E-state index contributed by atoms with van der Waals surface area (Å²) in [7, 11) is 1.99. The number of nitrogens with zero attached hydrogens (tertiary/aromatic N) is 5. The second-order valence-electron chi connectivity index (χ2n) is 8.23. The van der Waals surface area contributed by atoms with Crippen LogP contribution in [0.15, 0.2) is 79.0 Å². The molecule has 0 aliphatic carbocycles. The molecule has 32 heavy (non-hydrogen) atoms. The van der Waals surface area contributed by atoms with E-state index in [2.05, 4.69) is 36.1 Å². The first-order valence-electron chi connectivity index (χ1n) is 11.0. The van der Waals surface area contributed by atoms with Gasteiger partial charge in [0.25, 0.3) is 5.91 Å². The van der Waals surface area contributed by atoms with Crippen molar-refractivity contribution >= 4 is 11.6 Å². The maximum Gasteiger partial charge on any atom is 0.272 e. The van der Waals surface area contributed by atoms with Crippen molar-refractivity contribution in [2.45, 2.75) is 6.92 Å². The van der Waals surface area contributed by atoms with Crippen LogP contribution in [0, 0.1) is 6.92 Å². The van der Waals surface area contributed by atoms with Gasteiger partial charge in [-0.1, -0.05) is 36.4 Å². The van der Waals surface area contributed by atoms with Gasteiger partial charge in [0, 0.05) is 45.1 Å². The number of anilines is 1. The minimum absolute atomic E-state index is 0.0197. The van der Waals surface area contributed by atoms with E-state index >= 15 is 0 Å². The molecule has 0 bridgehead atoms. The third kappa shape index (κ3) is 3.68. The van der Waals surface area contributed by atoms with Gasteiger partial charge in [0.1, 0.15) is 11.4 Å². The number of aromatic nitrogens is 3. The van der Waals surface area contributed by atoms with Crippen LogP contribution in [-0.2, 0) is 7.05 Å². The molecule has 2 aromatic carbocycles. The predicted octanol–water partition coefficient (Wildman–Crippen LogP) is 4.15. The van der Waals surface area contributed by atoms with E-state index < -0.39 is 0 Å². The van der Waals surface area contributed by atoms with E-state index in [0.29, 0.717) is 18.8 Å². The first-order valence-corrected chi connectivity index (χ1v) is 11.0. The summed E-state index contributed by atoms with van der Waals surface area (Å²) in [5.41, 5.74) is 5.77. The summed E-state index contributed by atoms with van der Waals surface area (Å²) in [6.07, 6.45) is 1.99. The van der Waals surface area contributed by atoms with Crippen molar-refractivity contribution in [2.75, 3.05) is 31.1 Å². The summed E-state index contributed by atoms with van der Waals surface area (Å²) in [6.45, 7) is 5.15. The standard InChI is InChI=1S/C26H27N5O/c1-20-9-6-7-12-23(20)29-15-17-30(18-16-29)26(32)25-19-22(24-13-8-14-28(24)2)27-31(25)21-10-4-3-5-11-21/h3-14,19H,15-18H2,1-2H3. The highest BCUT2D eigenvalue weighted by molar-refractivity contribution is 5.94. The average molecular weight is 426 g/mol. The molecule has 6 nitrogen and oxygen atoms in total. The smallest absolute Gasteiger partial charge is 0.272 e. The molecule has 4 aromatic rings. The van der Waals surface area contributed by atoms with Crippen molar-refractivity contribution in [1.29, 1.82) is 0 Å². The SMILES string of the molecule is Cc1ccccc1N1CCN(C(=O)c2cc(-c3cccn3C)nn2-c2ccccc2)CC1. The van der Waals surface area contributed by atoms with Gasteiger partial charge in [0.15, 0.2) is 0 Å². The maximum absolute atomic E-state index is 13.6. The Balaban J connectivity index is 1.43. The normalized spacial score (nSPS) is 14.1. The van der Waals surface area contributed by atoms with E-state index in [1.807, 2.05) is 71.2 Å². The van der Waals surface area contributed by atoms with Gasteiger partial charge >= 0.3 is 0 Å². The number of hydrogen-bond acceptors (Lipinski definition) is 3. The van der Waals surface area contributed by atoms with Crippen LogP contribution in [0.25, 0.3) is 17.1 Å². The lowest BCUT2D eigenvalue weighted by Gasteiger charge is -2.36. The van der Waals surface area contributed by atoms with E-state index in [1.54, 1.807) is 4.68 Å². The number of benzene rings is 2. The molecule has 1 amide bonds. The fourth-order valence-corrected chi connectivity index (χ4v) is 4.38. The second-order valence-corrected chi connectivity index (χ2v) is 8.23. The Hall–Kier alpha value is -3.80. The summed E-state index contributed by atoms with van der Waals surface area (Å²) in [5.74, 6) is 0.0197. The van der Waals surface area contributed by atoms with Crippen molar-refractivity contribution in [2.24, 2.45) is 7.05 Å². The van der Waals surface area contributed by atoms with Crippen molar-refractivity contribution < 1.29 is 4.79 Å². The molecule has 0 spiro atoms. The number of rotatable bonds is 4. The number of carbonyl (C=O) groups excluding carboxylic acids is 1. The molecule has 1 fully saturated rings. The Bertz CT molecular complexity index is 1230. The van der Waals surface area contributed by atoms with Crippen LogP contribution in [0.1, 0.15) is 16.1 Å². The largest absolute Gasteiger partial charge is 0.368 e. The zero-order valence-corrected chi connectivity index (χ0v) is 18.5. The molecule has 1 aliphatic heterocycles. The third-order valence-corrected chi connectivity index (χ3v) is 6.16. The van der Waals surface area contributed by atoms with E-state index in [9.17, 15) is 4.79 Å². The molecule has 0 radical (unpaired) electrons. The Morgan fingerprint density at radius 2 is 1.59 bits per heavy atom. The Morgan fingerprint density at radius 1 is 0.875 bits per heavy atom. The first kappa shape index (κ1) is 20.1. The predicted molar refractivity (Wildman–Crippen MR) is 127 cm³/mol. The summed E-state index contributed by atoms with van der Waals surface area (Å²) in [5, 5.41) is 4.81. The fraction of sp³-hybridized carbons (Fsp3) is 0.231. The van der Waals surface area contributed by atoms with Crippen molar-refractivity contribution in [3.05, 3.63) is 90.3 Å². The Morgan fingerprint density at radius 3 is 2.28 bits per heavy atom. The van der Waals surface area contributed by atoms with Crippen LogP contribution >= 0.6 is 0 Å². The van der Waals surface area contributed by atoms with Gasteiger partial charge in [0.05, 0.1) is 11.4 Å². The number of aryl methyl sites for hydroxylation is 2. The van der Waals surface area contributed by atoms with E-state index in [-0.39, 0.29) is 5.91 Å². The lowest BCUT2D eigenvalue weighted by Crippen LogP contribution is -2.49. The van der Waals surface area contributed by atoms with Gasteiger partial charge in [-0.3, -0.25) is 4.79 Å². The number of para-hydroxylation sites is 2. The zero-order valence-electron chi connectivity index (χ0n) is 18.5. The van der Waals surface area contributed by atoms with Crippen molar-refractivity contribution in [3.63, 3.8) is 0 Å². The lowest BCUT2D eigenvalue weighted by atomic mass is 10.1. The van der Waals surface area contributed by atoms with Gasteiger partial charge in [-0.05, 0) is 48.9 Å². The van der Waals surface area contributed by atoms with Crippen LogP contribution < -0.4 is 4.90 Å². The van der Waals surface area contributed by atoms with Gasteiger partial charge in [-0.2, -0.15) is 5.10 Å². The maximum atomic E-state index is 13.6. The number of carbonyl (C=O) groups is 1. The van der Waals surface area contributed by atoms with Crippen molar-refractivity contribution in [3.8, 4) is 17.1 Å². The van der Waals surface area contributed by atoms with Gasteiger partial charge in [0.2, 0.25) is 0 Å². The molecule has 1 saturated heterocycles. The molecule has 162 valence electrons. The van der Waals surface area contributed by atoms with Crippen LogP contribution in [0.4, 0.5) is 5.69 Å². The summed E-state index contributed by atoms with van der Waals surface area (Å²) < 4.78 is 3.80. The molecule has 5 rings (SSSR count). The summed E-state index contributed by atoms with van der Waals surface area (Å²) >= 11 is 0. The van der Waals surface area contributed by atoms with Crippen LogP contribution in [-0.4, -0.2) is 51.3 Å². The van der Waals surface area contributed by atoms with Gasteiger partial charge < -0.3 is 14.4 Å². The molecule has 0 atom stereocenters. The number of amides is 1. The Kier molecular flexibility index (Phi) is 5.27. The van der Waals surface area contributed by atoms with Crippen LogP contribution in [0.5, 0.6) is 0 Å². The highest BCUT2D eigenvalue weighted by Gasteiger charge is 2.27. The highest BCUT2D eigenvalue weighted by Crippen LogP contribution is 2.25. The topological polar surface area (TPSA) is 46.3 Å².